The summed E-state index contributed by atoms with van der Waals surface area (Å²) in [4.78, 5) is 27.0. The predicted octanol–water partition coefficient (Wildman–Crippen LogP) is 4.19. The molecule has 0 saturated heterocycles. The van der Waals surface area contributed by atoms with E-state index in [0.29, 0.717) is 30.3 Å². The number of anilines is 1. The second-order valence-electron chi connectivity index (χ2n) is 8.84. The van der Waals surface area contributed by atoms with Crippen molar-refractivity contribution in [3.8, 4) is 5.75 Å². The molecular formula is C25H32N2O4. The minimum Gasteiger partial charge on any atom is -0.489 e. The van der Waals surface area contributed by atoms with Gasteiger partial charge in [0.2, 0.25) is 5.91 Å². The first-order valence-electron chi connectivity index (χ1n) is 10.9. The van der Waals surface area contributed by atoms with Crippen molar-refractivity contribution < 1.29 is 19.4 Å². The number of hydrogen-bond donors (Lipinski definition) is 2. The van der Waals surface area contributed by atoms with Gasteiger partial charge in [-0.2, -0.15) is 0 Å². The van der Waals surface area contributed by atoms with Crippen LogP contribution in [0.25, 0.3) is 0 Å². The molecule has 0 radical (unpaired) electrons. The number of carboxylic acids is 1. The van der Waals surface area contributed by atoms with Gasteiger partial charge in [0.15, 0.2) is 0 Å². The van der Waals surface area contributed by atoms with Gasteiger partial charge in [0.1, 0.15) is 24.4 Å². The van der Waals surface area contributed by atoms with Crippen molar-refractivity contribution in [3.05, 3.63) is 59.7 Å². The van der Waals surface area contributed by atoms with E-state index < -0.39 is 18.1 Å². The molecule has 2 aromatic carbocycles. The normalized spacial score (nSPS) is 17.3. The summed E-state index contributed by atoms with van der Waals surface area (Å²) in [6.07, 6.45) is 0.433. The average molecular weight is 425 g/mol. The van der Waals surface area contributed by atoms with Crippen molar-refractivity contribution in [2.24, 2.45) is 5.92 Å². The van der Waals surface area contributed by atoms with Crippen molar-refractivity contribution >= 4 is 17.6 Å². The van der Waals surface area contributed by atoms with E-state index in [4.69, 9.17) is 4.74 Å². The fraction of sp³-hybridized carbons (Fsp3) is 0.440. The average Bonchev–Trinajstić information content (AvgIpc) is 2.85. The molecule has 2 atom stereocenters. The van der Waals surface area contributed by atoms with Gasteiger partial charge in [0.25, 0.3) is 0 Å². The Morgan fingerprint density at radius 3 is 2.42 bits per heavy atom. The quantitative estimate of drug-likeness (QED) is 0.664. The SMILES string of the molecule is CC(C)C[C@H](N[C@@H]1COc2ccccc2N(Cc2ccc(C(C)C)cc2)C1=O)C(=O)O. The van der Waals surface area contributed by atoms with E-state index >= 15 is 0 Å². The molecule has 2 N–H and O–H groups in total. The largest absolute Gasteiger partial charge is 0.489 e. The number of benzene rings is 2. The van der Waals surface area contributed by atoms with Gasteiger partial charge in [0, 0.05) is 0 Å². The number of carbonyl (C=O) groups excluding carboxylic acids is 1. The Morgan fingerprint density at radius 2 is 1.81 bits per heavy atom. The fourth-order valence-corrected chi connectivity index (χ4v) is 3.78. The molecule has 1 aliphatic heterocycles. The molecule has 0 fully saturated rings. The summed E-state index contributed by atoms with van der Waals surface area (Å²) in [5.41, 5.74) is 2.94. The predicted molar refractivity (Wildman–Crippen MR) is 121 cm³/mol. The Hall–Kier alpha value is -2.86. The molecule has 0 bridgehead atoms. The van der Waals surface area contributed by atoms with Crippen LogP contribution < -0.4 is 15.0 Å². The number of carbonyl (C=O) groups is 2. The van der Waals surface area contributed by atoms with Crippen LogP contribution in [0.1, 0.15) is 51.2 Å². The maximum atomic E-state index is 13.5. The zero-order valence-electron chi connectivity index (χ0n) is 18.7. The molecule has 0 aromatic heterocycles. The number of para-hydroxylation sites is 2. The molecule has 0 saturated carbocycles. The van der Waals surface area contributed by atoms with E-state index in [1.54, 1.807) is 4.90 Å². The van der Waals surface area contributed by atoms with Crippen molar-refractivity contribution in [3.63, 3.8) is 0 Å². The molecule has 0 spiro atoms. The summed E-state index contributed by atoms with van der Waals surface area (Å²) < 4.78 is 5.92. The highest BCUT2D eigenvalue weighted by atomic mass is 16.5. The smallest absolute Gasteiger partial charge is 0.320 e. The maximum Gasteiger partial charge on any atom is 0.320 e. The molecule has 31 heavy (non-hydrogen) atoms. The van der Waals surface area contributed by atoms with Crippen LogP contribution in [0.4, 0.5) is 5.69 Å². The van der Waals surface area contributed by atoms with E-state index in [1.807, 2.05) is 50.2 Å². The van der Waals surface area contributed by atoms with Gasteiger partial charge >= 0.3 is 5.97 Å². The van der Waals surface area contributed by atoms with Gasteiger partial charge in [-0.3, -0.25) is 14.9 Å². The van der Waals surface area contributed by atoms with Crippen molar-refractivity contribution in [2.75, 3.05) is 11.5 Å². The van der Waals surface area contributed by atoms with Gasteiger partial charge in [0.05, 0.1) is 12.2 Å². The Morgan fingerprint density at radius 1 is 1.13 bits per heavy atom. The Labute approximate surface area is 184 Å². The minimum atomic E-state index is -0.959. The van der Waals surface area contributed by atoms with Gasteiger partial charge in [-0.25, -0.2) is 0 Å². The minimum absolute atomic E-state index is 0.0838. The number of aliphatic carboxylic acids is 1. The molecular weight excluding hydrogens is 392 g/mol. The molecule has 3 rings (SSSR count). The molecule has 1 aliphatic rings. The topological polar surface area (TPSA) is 78.9 Å². The summed E-state index contributed by atoms with van der Waals surface area (Å²) in [7, 11) is 0. The van der Waals surface area contributed by atoms with Crippen LogP contribution in [0.3, 0.4) is 0 Å². The van der Waals surface area contributed by atoms with Gasteiger partial charge in [-0.15, -0.1) is 0 Å². The first-order valence-corrected chi connectivity index (χ1v) is 10.9. The number of nitrogens with one attached hydrogen (secondary N) is 1. The summed E-state index contributed by atoms with van der Waals surface area (Å²) in [6.45, 7) is 8.69. The van der Waals surface area contributed by atoms with Crippen molar-refractivity contribution in [1.29, 1.82) is 0 Å². The molecule has 0 unspecified atom stereocenters. The highest BCUT2D eigenvalue weighted by Crippen LogP contribution is 2.32. The number of carboxylic acid groups (broad SMARTS) is 1. The van der Waals surface area contributed by atoms with E-state index in [9.17, 15) is 14.7 Å². The second kappa shape index (κ2) is 9.96. The Bertz CT molecular complexity index is 908. The molecule has 0 aliphatic carbocycles. The number of ether oxygens (including phenoxy) is 1. The molecule has 1 heterocycles. The first kappa shape index (κ1) is 22.8. The second-order valence-corrected chi connectivity index (χ2v) is 8.84. The van der Waals surface area contributed by atoms with Crippen LogP contribution in [-0.2, 0) is 16.1 Å². The van der Waals surface area contributed by atoms with Crippen LogP contribution in [-0.4, -0.2) is 35.7 Å². The van der Waals surface area contributed by atoms with Crippen molar-refractivity contribution in [1.82, 2.24) is 5.32 Å². The van der Waals surface area contributed by atoms with Gasteiger partial charge < -0.3 is 14.7 Å². The summed E-state index contributed by atoms with van der Waals surface area (Å²) >= 11 is 0. The standard InChI is InChI=1S/C25H32N2O4/c1-16(2)13-20(25(29)30)26-21-15-31-23-8-6-5-7-22(23)27(24(21)28)14-18-9-11-19(12-10-18)17(3)4/h5-12,16-17,20-21,26H,13-15H2,1-4H3,(H,29,30)/t20-,21+/m0/s1. The van der Waals surface area contributed by atoms with E-state index in [2.05, 4.69) is 31.3 Å². The molecule has 6 heteroatoms. The van der Waals surface area contributed by atoms with E-state index in [1.165, 1.54) is 5.56 Å². The fourth-order valence-electron chi connectivity index (χ4n) is 3.78. The lowest BCUT2D eigenvalue weighted by atomic mass is 10.0. The van der Waals surface area contributed by atoms with Crippen LogP contribution in [0, 0.1) is 5.92 Å². The number of rotatable bonds is 8. The lowest BCUT2D eigenvalue weighted by molar-refractivity contribution is -0.140. The number of nitrogens with zero attached hydrogens (tertiary/aromatic N) is 1. The molecule has 2 aromatic rings. The molecule has 6 nitrogen and oxygen atoms in total. The first-order chi connectivity index (χ1) is 14.8. The van der Waals surface area contributed by atoms with Crippen LogP contribution >= 0.6 is 0 Å². The monoisotopic (exact) mass is 424 g/mol. The van der Waals surface area contributed by atoms with Crippen molar-refractivity contribution in [2.45, 2.75) is 58.7 Å². The third kappa shape index (κ3) is 5.64. The van der Waals surface area contributed by atoms with E-state index in [0.717, 1.165) is 5.56 Å². The third-order valence-corrected chi connectivity index (χ3v) is 5.52. The lowest BCUT2D eigenvalue weighted by Crippen LogP contribution is -2.54. The number of amides is 1. The Kier molecular flexibility index (Phi) is 7.33. The Balaban J connectivity index is 1.88. The van der Waals surface area contributed by atoms with Crippen LogP contribution in [0.15, 0.2) is 48.5 Å². The summed E-state index contributed by atoms with van der Waals surface area (Å²) in [5, 5.41) is 12.7. The third-order valence-electron chi connectivity index (χ3n) is 5.52. The highest BCUT2D eigenvalue weighted by molar-refractivity contribution is 5.99. The zero-order valence-corrected chi connectivity index (χ0v) is 18.7. The lowest BCUT2D eigenvalue weighted by Gasteiger charge is -2.27. The van der Waals surface area contributed by atoms with Gasteiger partial charge in [-0.05, 0) is 41.5 Å². The van der Waals surface area contributed by atoms with Gasteiger partial charge in [-0.1, -0.05) is 64.1 Å². The molecule has 166 valence electrons. The summed E-state index contributed by atoms with van der Waals surface area (Å²) in [6, 6.07) is 14.1. The van der Waals surface area contributed by atoms with Crippen LogP contribution in [0.2, 0.25) is 0 Å². The highest BCUT2D eigenvalue weighted by Gasteiger charge is 2.34. The molecule has 1 amide bonds. The number of fused-ring (bicyclic) bond motifs is 1. The summed E-state index contributed by atoms with van der Waals surface area (Å²) in [5.74, 6) is 0.0929. The van der Waals surface area contributed by atoms with E-state index in [-0.39, 0.29) is 18.4 Å². The number of hydrogen-bond acceptors (Lipinski definition) is 4. The van der Waals surface area contributed by atoms with Crippen LogP contribution in [0.5, 0.6) is 5.75 Å². The zero-order chi connectivity index (χ0) is 22.5. The maximum absolute atomic E-state index is 13.5.